The van der Waals surface area contributed by atoms with E-state index in [-0.39, 0.29) is 16.8 Å². The minimum absolute atomic E-state index is 0.131. The Kier molecular flexibility index (Phi) is 4.11. The standard InChI is InChI=1S/C21H19F3N6O/c1-12(14-4-3-5-16(27-14)21(22,23)24)26-19-13-11-29(20(2)7-8-20)18(31)10-15(13)30-17(28-19)6-9-25-30/h3-6,9-12H,7-8H2,1-2H3,(H,26,28). The highest BCUT2D eigenvalue weighted by Crippen LogP contribution is 2.42. The van der Waals surface area contributed by atoms with Gasteiger partial charge in [-0.1, -0.05) is 6.07 Å². The molecule has 1 unspecified atom stereocenters. The largest absolute Gasteiger partial charge is 0.433 e. The third-order valence-corrected chi connectivity index (χ3v) is 5.78. The fourth-order valence-corrected chi connectivity index (χ4v) is 3.71. The molecule has 10 heteroatoms. The van der Waals surface area contributed by atoms with Gasteiger partial charge in [0.05, 0.1) is 28.8 Å². The number of anilines is 1. The van der Waals surface area contributed by atoms with Gasteiger partial charge in [0.15, 0.2) is 5.65 Å². The lowest BCUT2D eigenvalue weighted by Gasteiger charge is -2.19. The van der Waals surface area contributed by atoms with Gasteiger partial charge >= 0.3 is 6.18 Å². The number of hydrogen-bond donors (Lipinski definition) is 1. The number of rotatable bonds is 4. The number of hydrogen-bond acceptors (Lipinski definition) is 5. The molecule has 1 atom stereocenters. The maximum absolute atomic E-state index is 13.1. The van der Waals surface area contributed by atoms with E-state index in [1.807, 2.05) is 6.92 Å². The zero-order valence-electron chi connectivity index (χ0n) is 16.8. The molecule has 5 rings (SSSR count). The van der Waals surface area contributed by atoms with Crippen molar-refractivity contribution in [3.05, 3.63) is 64.5 Å². The summed E-state index contributed by atoms with van der Waals surface area (Å²) in [4.78, 5) is 21.1. The molecule has 31 heavy (non-hydrogen) atoms. The van der Waals surface area contributed by atoms with Gasteiger partial charge in [-0.3, -0.25) is 4.79 Å². The van der Waals surface area contributed by atoms with Gasteiger partial charge in [-0.05, 0) is 38.8 Å². The van der Waals surface area contributed by atoms with E-state index in [0.29, 0.717) is 22.4 Å². The molecule has 1 fully saturated rings. The number of fused-ring (bicyclic) bond motifs is 3. The quantitative estimate of drug-likeness (QED) is 0.529. The highest BCUT2D eigenvalue weighted by Gasteiger charge is 2.40. The van der Waals surface area contributed by atoms with Crippen LogP contribution in [0.25, 0.3) is 16.6 Å². The minimum Gasteiger partial charge on any atom is -0.361 e. The zero-order chi connectivity index (χ0) is 22.0. The summed E-state index contributed by atoms with van der Waals surface area (Å²) in [7, 11) is 0. The summed E-state index contributed by atoms with van der Waals surface area (Å²) < 4.78 is 42.5. The molecule has 0 aliphatic heterocycles. The SMILES string of the molecule is CC(Nc1nc2ccnn2c2cc(=O)n(C3(C)CC3)cc12)c1cccc(C(F)(F)F)n1. The van der Waals surface area contributed by atoms with Crippen molar-refractivity contribution in [1.29, 1.82) is 0 Å². The number of halogens is 3. The molecule has 160 valence electrons. The first-order chi connectivity index (χ1) is 14.7. The Morgan fingerprint density at radius 1 is 1.19 bits per heavy atom. The van der Waals surface area contributed by atoms with E-state index in [0.717, 1.165) is 18.9 Å². The molecule has 0 radical (unpaired) electrons. The van der Waals surface area contributed by atoms with Crippen molar-refractivity contribution in [1.82, 2.24) is 24.1 Å². The molecule has 0 amide bonds. The summed E-state index contributed by atoms with van der Waals surface area (Å²) in [6, 6.07) is 6.48. The van der Waals surface area contributed by atoms with Gasteiger partial charge in [0.1, 0.15) is 11.5 Å². The van der Waals surface area contributed by atoms with Gasteiger partial charge < -0.3 is 9.88 Å². The van der Waals surface area contributed by atoms with Crippen molar-refractivity contribution < 1.29 is 13.2 Å². The first-order valence-corrected chi connectivity index (χ1v) is 9.87. The lowest BCUT2D eigenvalue weighted by molar-refractivity contribution is -0.141. The van der Waals surface area contributed by atoms with Gasteiger partial charge in [-0.15, -0.1) is 0 Å². The molecule has 4 aromatic heterocycles. The Morgan fingerprint density at radius 2 is 1.97 bits per heavy atom. The molecule has 4 heterocycles. The van der Waals surface area contributed by atoms with Crippen LogP contribution in [0.2, 0.25) is 0 Å². The van der Waals surface area contributed by atoms with Gasteiger partial charge in [-0.25, -0.2) is 14.5 Å². The molecular weight excluding hydrogens is 409 g/mol. The van der Waals surface area contributed by atoms with Crippen LogP contribution in [0.15, 0.2) is 47.5 Å². The molecule has 1 aliphatic rings. The zero-order valence-corrected chi connectivity index (χ0v) is 16.8. The molecule has 0 saturated heterocycles. The second-order valence-corrected chi connectivity index (χ2v) is 8.15. The van der Waals surface area contributed by atoms with Crippen LogP contribution in [0.1, 0.15) is 44.1 Å². The Morgan fingerprint density at radius 3 is 2.68 bits per heavy atom. The van der Waals surface area contributed by atoms with Crippen LogP contribution < -0.4 is 10.9 Å². The smallest absolute Gasteiger partial charge is 0.361 e. The molecule has 0 spiro atoms. The van der Waals surface area contributed by atoms with Crippen molar-refractivity contribution in [2.45, 2.75) is 44.4 Å². The number of aromatic nitrogens is 5. The number of nitrogens with one attached hydrogen (secondary N) is 1. The monoisotopic (exact) mass is 428 g/mol. The molecule has 1 aliphatic carbocycles. The lowest BCUT2D eigenvalue weighted by Crippen LogP contribution is -2.27. The van der Waals surface area contributed by atoms with Crippen molar-refractivity contribution in [3.8, 4) is 0 Å². The molecule has 4 aromatic rings. The van der Waals surface area contributed by atoms with Crippen molar-refractivity contribution in [2.24, 2.45) is 0 Å². The average molecular weight is 428 g/mol. The van der Waals surface area contributed by atoms with E-state index in [4.69, 9.17) is 0 Å². The van der Waals surface area contributed by atoms with E-state index in [1.165, 1.54) is 18.2 Å². The van der Waals surface area contributed by atoms with E-state index < -0.39 is 17.9 Å². The lowest BCUT2D eigenvalue weighted by atomic mass is 10.2. The summed E-state index contributed by atoms with van der Waals surface area (Å²) >= 11 is 0. The molecule has 1 N–H and O–H groups in total. The Bertz CT molecular complexity index is 1370. The van der Waals surface area contributed by atoms with Gasteiger partial charge in [-0.2, -0.15) is 18.3 Å². The van der Waals surface area contributed by atoms with Crippen molar-refractivity contribution >= 4 is 22.4 Å². The van der Waals surface area contributed by atoms with Crippen molar-refractivity contribution in [3.63, 3.8) is 0 Å². The van der Waals surface area contributed by atoms with Crippen LogP contribution in [-0.4, -0.2) is 24.1 Å². The molecule has 0 bridgehead atoms. The molecule has 1 saturated carbocycles. The first-order valence-electron chi connectivity index (χ1n) is 9.87. The highest BCUT2D eigenvalue weighted by atomic mass is 19.4. The fourth-order valence-electron chi connectivity index (χ4n) is 3.71. The summed E-state index contributed by atoms with van der Waals surface area (Å²) in [6.07, 6.45) is 0.629. The molecule has 0 aromatic carbocycles. The van der Waals surface area contributed by atoms with Gasteiger partial charge in [0.2, 0.25) is 0 Å². The van der Waals surface area contributed by atoms with Crippen LogP contribution in [0.3, 0.4) is 0 Å². The van der Waals surface area contributed by atoms with Crippen LogP contribution in [0, 0.1) is 0 Å². The molecular formula is C21H19F3N6O. The summed E-state index contributed by atoms with van der Waals surface area (Å²) in [5.41, 5.74) is 0.0320. The van der Waals surface area contributed by atoms with Gasteiger partial charge in [0.25, 0.3) is 5.56 Å². The van der Waals surface area contributed by atoms with Crippen molar-refractivity contribution in [2.75, 3.05) is 5.32 Å². The first kappa shape index (κ1) is 19.5. The summed E-state index contributed by atoms with van der Waals surface area (Å²) in [5.74, 6) is 0.452. The maximum atomic E-state index is 13.1. The summed E-state index contributed by atoms with van der Waals surface area (Å²) in [5, 5.41) is 8.09. The van der Waals surface area contributed by atoms with Crippen LogP contribution >= 0.6 is 0 Å². The highest BCUT2D eigenvalue weighted by molar-refractivity contribution is 5.90. The van der Waals surface area contributed by atoms with E-state index in [2.05, 4.69) is 20.4 Å². The normalized spacial score (nSPS) is 16.5. The van der Waals surface area contributed by atoms with Crippen LogP contribution in [0.4, 0.5) is 19.0 Å². The predicted molar refractivity (Wildman–Crippen MR) is 109 cm³/mol. The Hall–Kier alpha value is -3.43. The fraction of sp³-hybridized carbons (Fsp3) is 0.333. The van der Waals surface area contributed by atoms with Crippen LogP contribution in [-0.2, 0) is 11.7 Å². The topological polar surface area (TPSA) is 77.1 Å². The number of nitrogens with zero attached hydrogens (tertiary/aromatic N) is 5. The van der Waals surface area contributed by atoms with E-state index in [9.17, 15) is 18.0 Å². The number of pyridine rings is 2. The molecule has 7 nitrogen and oxygen atoms in total. The van der Waals surface area contributed by atoms with Gasteiger partial charge in [0, 0.05) is 23.9 Å². The average Bonchev–Trinajstić information content (AvgIpc) is 3.29. The Balaban J connectivity index is 1.62. The van der Waals surface area contributed by atoms with E-state index >= 15 is 0 Å². The summed E-state index contributed by atoms with van der Waals surface area (Å²) in [6.45, 7) is 3.73. The predicted octanol–water partition coefficient (Wildman–Crippen LogP) is 4.14. The van der Waals surface area contributed by atoms with Crippen LogP contribution in [0.5, 0.6) is 0 Å². The number of alkyl halides is 3. The second-order valence-electron chi connectivity index (χ2n) is 8.15. The third-order valence-electron chi connectivity index (χ3n) is 5.78. The second kappa shape index (κ2) is 6.53. The minimum atomic E-state index is -4.52. The Labute approximate surface area is 174 Å². The maximum Gasteiger partial charge on any atom is 0.433 e. The van der Waals surface area contributed by atoms with E-state index in [1.54, 1.807) is 34.5 Å². The third kappa shape index (κ3) is 3.31.